The van der Waals surface area contributed by atoms with E-state index in [1.165, 1.54) is 11.2 Å². The lowest BCUT2D eigenvalue weighted by molar-refractivity contribution is 0.882. The largest absolute Gasteiger partial charge is 0.397 e. The SMILES string of the molecule is C=C(CCC)/C(N)=C(\C)N(N)c1cc(C)c(C#N)cn1. The van der Waals surface area contributed by atoms with E-state index in [1.807, 2.05) is 13.8 Å². The van der Waals surface area contributed by atoms with E-state index in [0.29, 0.717) is 22.8 Å². The van der Waals surface area contributed by atoms with Crippen molar-refractivity contribution in [3.05, 3.63) is 46.9 Å². The number of hydrogen-bond acceptors (Lipinski definition) is 5. The molecule has 0 aromatic carbocycles. The van der Waals surface area contributed by atoms with Crippen molar-refractivity contribution in [1.82, 2.24) is 4.98 Å². The van der Waals surface area contributed by atoms with Crippen molar-refractivity contribution in [2.24, 2.45) is 11.6 Å². The first kappa shape index (κ1) is 15.7. The Labute approximate surface area is 120 Å². The lowest BCUT2D eigenvalue weighted by Gasteiger charge is -2.21. The number of nitrogens with two attached hydrogens (primary N) is 2. The van der Waals surface area contributed by atoms with Crippen LogP contribution in [0.25, 0.3) is 0 Å². The summed E-state index contributed by atoms with van der Waals surface area (Å²) < 4.78 is 0. The third-order valence-electron chi connectivity index (χ3n) is 3.15. The summed E-state index contributed by atoms with van der Waals surface area (Å²) in [5.74, 6) is 6.59. The maximum atomic E-state index is 8.90. The zero-order valence-electron chi connectivity index (χ0n) is 12.3. The van der Waals surface area contributed by atoms with E-state index >= 15 is 0 Å². The van der Waals surface area contributed by atoms with E-state index in [1.54, 1.807) is 6.07 Å². The molecule has 0 aliphatic heterocycles. The van der Waals surface area contributed by atoms with Gasteiger partial charge in [-0.05, 0) is 37.5 Å². The maximum absolute atomic E-state index is 8.90. The first-order chi connectivity index (χ1) is 9.42. The molecule has 0 amide bonds. The molecule has 20 heavy (non-hydrogen) atoms. The van der Waals surface area contributed by atoms with Gasteiger partial charge in [0.05, 0.1) is 17.0 Å². The molecule has 1 aromatic rings. The molecule has 0 radical (unpaired) electrons. The van der Waals surface area contributed by atoms with Gasteiger partial charge in [-0.3, -0.25) is 5.01 Å². The van der Waals surface area contributed by atoms with Crippen molar-refractivity contribution in [3.8, 4) is 6.07 Å². The normalized spacial score (nSPS) is 11.6. The third kappa shape index (κ3) is 3.37. The van der Waals surface area contributed by atoms with Gasteiger partial charge >= 0.3 is 0 Å². The molecule has 0 aliphatic rings. The monoisotopic (exact) mass is 271 g/mol. The molecule has 0 atom stereocenters. The molecule has 1 heterocycles. The summed E-state index contributed by atoms with van der Waals surface area (Å²) in [6, 6.07) is 3.84. The molecule has 4 N–H and O–H groups in total. The summed E-state index contributed by atoms with van der Waals surface area (Å²) in [5.41, 5.74) is 9.56. The molecule has 5 nitrogen and oxygen atoms in total. The minimum absolute atomic E-state index is 0.534. The van der Waals surface area contributed by atoms with Crippen LogP contribution in [-0.4, -0.2) is 4.98 Å². The van der Waals surface area contributed by atoms with Gasteiger partial charge in [0.25, 0.3) is 0 Å². The molecular weight excluding hydrogens is 250 g/mol. The number of aryl methyl sites for hydroxylation is 1. The van der Waals surface area contributed by atoms with Crippen molar-refractivity contribution >= 4 is 5.82 Å². The average molecular weight is 271 g/mol. The predicted molar refractivity (Wildman–Crippen MR) is 81.3 cm³/mol. The summed E-state index contributed by atoms with van der Waals surface area (Å²) >= 11 is 0. The highest BCUT2D eigenvalue weighted by atomic mass is 15.4. The summed E-state index contributed by atoms with van der Waals surface area (Å²) in [6.07, 6.45) is 3.32. The molecule has 106 valence electrons. The van der Waals surface area contributed by atoms with E-state index in [0.717, 1.165) is 24.0 Å². The van der Waals surface area contributed by atoms with Gasteiger partial charge in [-0.1, -0.05) is 19.9 Å². The quantitative estimate of drug-likeness (QED) is 0.487. The van der Waals surface area contributed by atoms with E-state index in [-0.39, 0.29) is 0 Å². The van der Waals surface area contributed by atoms with Crippen LogP contribution in [0.2, 0.25) is 0 Å². The first-order valence-corrected chi connectivity index (χ1v) is 6.48. The van der Waals surface area contributed by atoms with Crippen LogP contribution in [0.5, 0.6) is 0 Å². The van der Waals surface area contributed by atoms with Crippen LogP contribution in [0.15, 0.2) is 35.8 Å². The highest BCUT2D eigenvalue weighted by Gasteiger charge is 2.12. The molecule has 5 heteroatoms. The van der Waals surface area contributed by atoms with Crippen LogP contribution in [0.3, 0.4) is 0 Å². The Balaban J connectivity index is 3.08. The van der Waals surface area contributed by atoms with Gasteiger partial charge in [0.1, 0.15) is 11.9 Å². The number of nitriles is 1. The Morgan fingerprint density at radius 3 is 2.70 bits per heavy atom. The zero-order valence-corrected chi connectivity index (χ0v) is 12.3. The summed E-state index contributed by atoms with van der Waals surface area (Å²) in [4.78, 5) is 4.18. The lowest BCUT2D eigenvalue weighted by atomic mass is 10.1. The van der Waals surface area contributed by atoms with E-state index in [2.05, 4.69) is 24.6 Å². The van der Waals surface area contributed by atoms with Crippen LogP contribution in [0.1, 0.15) is 37.8 Å². The summed E-state index contributed by atoms with van der Waals surface area (Å²) in [7, 11) is 0. The first-order valence-electron chi connectivity index (χ1n) is 6.48. The second kappa shape index (κ2) is 6.73. The fourth-order valence-electron chi connectivity index (χ4n) is 1.78. The molecule has 1 rings (SSSR count). The zero-order chi connectivity index (χ0) is 15.3. The van der Waals surface area contributed by atoms with Crippen LogP contribution >= 0.6 is 0 Å². The van der Waals surface area contributed by atoms with Gasteiger partial charge in [0.15, 0.2) is 0 Å². The van der Waals surface area contributed by atoms with Gasteiger partial charge in [-0.25, -0.2) is 10.8 Å². The number of pyridine rings is 1. The molecule has 0 saturated carbocycles. The smallest absolute Gasteiger partial charge is 0.147 e. The van der Waals surface area contributed by atoms with E-state index < -0.39 is 0 Å². The highest BCUT2D eigenvalue weighted by molar-refractivity contribution is 5.51. The third-order valence-corrected chi connectivity index (χ3v) is 3.15. The number of rotatable bonds is 5. The van der Waals surface area contributed by atoms with Crippen molar-refractivity contribution in [1.29, 1.82) is 5.26 Å². The van der Waals surface area contributed by atoms with E-state index in [9.17, 15) is 0 Å². The molecule has 0 aliphatic carbocycles. The van der Waals surface area contributed by atoms with Gasteiger partial charge in [0, 0.05) is 6.20 Å². The summed E-state index contributed by atoms with van der Waals surface area (Å²) in [5, 5.41) is 10.3. The minimum Gasteiger partial charge on any atom is -0.397 e. The summed E-state index contributed by atoms with van der Waals surface area (Å²) in [6.45, 7) is 9.69. The average Bonchev–Trinajstić information content (AvgIpc) is 2.45. The Hall–Kier alpha value is -2.32. The van der Waals surface area contributed by atoms with Gasteiger partial charge in [-0.2, -0.15) is 5.26 Å². The van der Waals surface area contributed by atoms with Crippen LogP contribution < -0.4 is 16.6 Å². The van der Waals surface area contributed by atoms with Crippen LogP contribution in [0, 0.1) is 18.3 Å². The van der Waals surface area contributed by atoms with Crippen molar-refractivity contribution in [2.75, 3.05) is 5.01 Å². The molecule has 0 saturated heterocycles. The number of aromatic nitrogens is 1. The highest BCUT2D eigenvalue weighted by Crippen LogP contribution is 2.20. The molecule has 0 fully saturated rings. The fraction of sp³-hybridized carbons (Fsp3) is 0.333. The number of nitrogens with zero attached hydrogens (tertiary/aromatic N) is 3. The Kier molecular flexibility index (Phi) is 5.30. The van der Waals surface area contributed by atoms with Gasteiger partial charge < -0.3 is 5.73 Å². The molecule has 0 bridgehead atoms. The lowest BCUT2D eigenvalue weighted by Crippen LogP contribution is -2.32. The van der Waals surface area contributed by atoms with E-state index in [4.69, 9.17) is 16.8 Å². The molecule has 0 unspecified atom stereocenters. The fourth-order valence-corrected chi connectivity index (χ4v) is 1.78. The van der Waals surface area contributed by atoms with Crippen molar-refractivity contribution in [2.45, 2.75) is 33.6 Å². The van der Waals surface area contributed by atoms with Gasteiger partial charge in [-0.15, -0.1) is 0 Å². The van der Waals surface area contributed by atoms with Crippen molar-refractivity contribution < 1.29 is 0 Å². The topological polar surface area (TPSA) is 92.0 Å². The second-order valence-electron chi connectivity index (χ2n) is 4.69. The van der Waals surface area contributed by atoms with Crippen molar-refractivity contribution in [3.63, 3.8) is 0 Å². The minimum atomic E-state index is 0.534. The standard InChI is InChI=1S/C15H21N5/c1-5-6-10(2)15(17)12(4)20(18)14-7-11(3)13(8-16)9-19-14/h7,9H,2,5-6,17-18H2,1,3-4H3/b15-12-. The Morgan fingerprint density at radius 1 is 1.55 bits per heavy atom. The predicted octanol–water partition coefficient (Wildman–Crippen LogP) is 2.49. The molecule has 1 aromatic heterocycles. The number of hydrazine groups is 1. The Bertz CT molecular complexity index is 580. The van der Waals surface area contributed by atoms with Gasteiger partial charge in [0.2, 0.25) is 0 Å². The maximum Gasteiger partial charge on any atom is 0.147 e. The number of allylic oxidation sites excluding steroid dienone is 2. The second-order valence-corrected chi connectivity index (χ2v) is 4.69. The van der Waals surface area contributed by atoms with Crippen LogP contribution in [-0.2, 0) is 0 Å². The Morgan fingerprint density at radius 2 is 2.20 bits per heavy atom. The number of anilines is 1. The van der Waals surface area contributed by atoms with Crippen LogP contribution in [0.4, 0.5) is 5.82 Å². The number of hydrogen-bond donors (Lipinski definition) is 2. The molecular formula is C15H21N5. The molecule has 0 spiro atoms.